The standard InChI is InChI=1S/C25H25BrN2O4/c1-23(2,3)32-22(31)25-14-13-24(27-25,15-9-11-16(26)12-10-15)18-19(25)21(30)28(20(18)29)17-7-5-4-6-8-17/h4-12,18-19,27H,13-14H2,1-3H3/t18-,19+,24+,25+/m1/s1. The predicted molar refractivity (Wildman–Crippen MR) is 123 cm³/mol. The van der Waals surface area contributed by atoms with Crippen LogP contribution in [-0.2, 0) is 24.7 Å². The van der Waals surface area contributed by atoms with Crippen LogP contribution in [0, 0.1) is 11.8 Å². The lowest BCUT2D eigenvalue weighted by molar-refractivity contribution is -0.165. The lowest BCUT2D eigenvalue weighted by Crippen LogP contribution is -2.56. The van der Waals surface area contributed by atoms with Crippen molar-refractivity contribution in [3.63, 3.8) is 0 Å². The lowest BCUT2D eigenvalue weighted by Gasteiger charge is -2.34. The molecule has 6 nitrogen and oxygen atoms in total. The van der Waals surface area contributed by atoms with Crippen LogP contribution >= 0.6 is 15.9 Å². The molecule has 0 spiro atoms. The average molecular weight is 497 g/mol. The number of halogens is 1. The number of para-hydroxylation sites is 1. The Kier molecular flexibility index (Phi) is 4.66. The molecule has 3 aliphatic heterocycles. The van der Waals surface area contributed by atoms with Crippen molar-refractivity contribution in [1.29, 1.82) is 0 Å². The van der Waals surface area contributed by atoms with Gasteiger partial charge in [0.05, 0.1) is 23.1 Å². The quantitative estimate of drug-likeness (QED) is 0.514. The highest BCUT2D eigenvalue weighted by Gasteiger charge is 2.77. The van der Waals surface area contributed by atoms with Crippen molar-refractivity contribution < 1.29 is 19.1 Å². The number of rotatable bonds is 3. The molecule has 3 heterocycles. The van der Waals surface area contributed by atoms with E-state index in [0.717, 1.165) is 10.0 Å². The number of benzene rings is 2. The molecule has 3 saturated heterocycles. The maximum atomic E-state index is 13.8. The largest absolute Gasteiger partial charge is 0.459 e. The zero-order valence-corrected chi connectivity index (χ0v) is 19.8. The van der Waals surface area contributed by atoms with Crippen molar-refractivity contribution >= 4 is 39.4 Å². The smallest absolute Gasteiger partial charge is 0.327 e. The number of nitrogens with zero attached hydrogens (tertiary/aromatic N) is 1. The molecule has 5 rings (SSSR count). The van der Waals surface area contributed by atoms with Crippen LogP contribution in [0.1, 0.15) is 39.2 Å². The molecule has 3 fully saturated rings. The second-order valence-corrected chi connectivity index (χ2v) is 10.8. The molecular weight excluding hydrogens is 472 g/mol. The molecule has 166 valence electrons. The van der Waals surface area contributed by atoms with E-state index in [2.05, 4.69) is 21.2 Å². The molecule has 2 aromatic carbocycles. The molecule has 0 aliphatic carbocycles. The molecule has 2 aromatic rings. The third kappa shape index (κ3) is 2.90. The van der Waals surface area contributed by atoms with Crippen LogP contribution in [0.15, 0.2) is 59.1 Å². The first-order chi connectivity index (χ1) is 15.1. The Bertz CT molecular complexity index is 1110. The normalized spacial score (nSPS) is 31.2. The molecule has 2 bridgehead atoms. The molecule has 1 N–H and O–H groups in total. The third-order valence-electron chi connectivity index (χ3n) is 6.86. The van der Waals surface area contributed by atoms with Crippen LogP contribution in [0.3, 0.4) is 0 Å². The van der Waals surface area contributed by atoms with Crippen LogP contribution in [0.5, 0.6) is 0 Å². The molecule has 0 aromatic heterocycles. The minimum Gasteiger partial charge on any atom is -0.459 e. The Labute approximate surface area is 195 Å². The third-order valence-corrected chi connectivity index (χ3v) is 7.39. The van der Waals surface area contributed by atoms with Gasteiger partial charge >= 0.3 is 5.97 Å². The molecule has 3 aliphatic rings. The number of ether oxygens (including phenoxy) is 1. The van der Waals surface area contributed by atoms with E-state index in [4.69, 9.17) is 4.74 Å². The van der Waals surface area contributed by atoms with Crippen LogP contribution in [0.2, 0.25) is 0 Å². The zero-order chi connectivity index (χ0) is 22.9. The summed E-state index contributed by atoms with van der Waals surface area (Å²) in [5.74, 6) is -2.58. The summed E-state index contributed by atoms with van der Waals surface area (Å²) in [6.45, 7) is 5.42. The molecule has 2 amide bonds. The van der Waals surface area contributed by atoms with Gasteiger partial charge in [0.1, 0.15) is 11.1 Å². The molecule has 0 radical (unpaired) electrons. The maximum Gasteiger partial charge on any atom is 0.327 e. The van der Waals surface area contributed by atoms with Gasteiger partial charge in [-0.05, 0) is 63.4 Å². The van der Waals surface area contributed by atoms with Crippen molar-refractivity contribution in [3.8, 4) is 0 Å². The van der Waals surface area contributed by atoms with Crippen LogP contribution < -0.4 is 10.2 Å². The molecule has 0 saturated carbocycles. The summed E-state index contributed by atoms with van der Waals surface area (Å²) in [4.78, 5) is 42.3. The first-order valence-electron chi connectivity index (χ1n) is 10.8. The van der Waals surface area contributed by atoms with Crippen molar-refractivity contribution in [2.45, 2.75) is 50.3 Å². The number of hydrogen-bond donors (Lipinski definition) is 1. The van der Waals surface area contributed by atoms with Gasteiger partial charge in [-0.2, -0.15) is 0 Å². The summed E-state index contributed by atoms with van der Waals surface area (Å²) in [7, 11) is 0. The Hall–Kier alpha value is -2.51. The van der Waals surface area contributed by atoms with Crippen molar-refractivity contribution in [2.24, 2.45) is 11.8 Å². The van der Waals surface area contributed by atoms with E-state index in [-0.39, 0.29) is 11.8 Å². The minimum absolute atomic E-state index is 0.272. The molecule has 32 heavy (non-hydrogen) atoms. The number of carbonyl (C=O) groups is 3. The number of fused-ring (bicyclic) bond motifs is 5. The molecule has 4 atom stereocenters. The van der Waals surface area contributed by atoms with Gasteiger partial charge in [-0.15, -0.1) is 0 Å². The SMILES string of the molecule is CC(C)(C)OC(=O)[C@@]12CC[C@@](c3ccc(Br)cc3)(N1)[C@H]1C(=O)N(c3ccccc3)C(=O)[C@H]12. The van der Waals surface area contributed by atoms with Gasteiger partial charge in [0.2, 0.25) is 11.8 Å². The van der Waals surface area contributed by atoms with Crippen LogP contribution in [-0.4, -0.2) is 28.9 Å². The highest BCUT2D eigenvalue weighted by molar-refractivity contribution is 9.10. The Morgan fingerprint density at radius 1 is 1.00 bits per heavy atom. The van der Waals surface area contributed by atoms with Crippen molar-refractivity contribution in [2.75, 3.05) is 4.90 Å². The van der Waals surface area contributed by atoms with E-state index in [0.29, 0.717) is 18.5 Å². The summed E-state index contributed by atoms with van der Waals surface area (Å²) in [6, 6.07) is 16.7. The maximum absolute atomic E-state index is 13.8. The van der Waals surface area contributed by atoms with Gasteiger partial charge < -0.3 is 4.74 Å². The summed E-state index contributed by atoms with van der Waals surface area (Å²) in [6.07, 6.45) is 0.998. The number of hydrogen-bond acceptors (Lipinski definition) is 5. The highest BCUT2D eigenvalue weighted by atomic mass is 79.9. The van der Waals surface area contributed by atoms with Crippen LogP contribution in [0.25, 0.3) is 0 Å². The van der Waals surface area contributed by atoms with E-state index >= 15 is 0 Å². The van der Waals surface area contributed by atoms with Gasteiger partial charge in [-0.1, -0.05) is 46.3 Å². The van der Waals surface area contributed by atoms with Gasteiger partial charge in [0, 0.05) is 4.47 Å². The number of anilines is 1. The number of carbonyl (C=O) groups excluding carboxylic acids is 3. The van der Waals surface area contributed by atoms with E-state index in [1.54, 1.807) is 24.3 Å². The fourth-order valence-electron chi connectivity index (χ4n) is 5.67. The van der Waals surface area contributed by atoms with Crippen molar-refractivity contribution in [1.82, 2.24) is 5.32 Å². The van der Waals surface area contributed by atoms with Crippen molar-refractivity contribution in [3.05, 3.63) is 64.6 Å². The summed E-state index contributed by atoms with van der Waals surface area (Å²) < 4.78 is 6.70. The lowest BCUT2D eigenvalue weighted by atomic mass is 9.65. The zero-order valence-electron chi connectivity index (χ0n) is 18.2. The van der Waals surface area contributed by atoms with Gasteiger partial charge in [0.25, 0.3) is 0 Å². The van der Waals surface area contributed by atoms with Gasteiger partial charge in [0.15, 0.2) is 0 Å². The monoisotopic (exact) mass is 496 g/mol. The summed E-state index contributed by atoms with van der Waals surface area (Å²) >= 11 is 3.46. The summed E-state index contributed by atoms with van der Waals surface area (Å²) in [5.41, 5.74) is -1.32. The number of amides is 2. The van der Waals surface area contributed by atoms with Gasteiger partial charge in [-0.3, -0.25) is 19.7 Å². The number of esters is 1. The second kappa shape index (κ2) is 6.99. The first kappa shape index (κ1) is 21.3. The average Bonchev–Trinajstić information content (AvgIpc) is 3.36. The van der Waals surface area contributed by atoms with E-state index in [1.807, 2.05) is 51.1 Å². The van der Waals surface area contributed by atoms with Gasteiger partial charge in [-0.25, -0.2) is 4.90 Å². The Morgan fingerprint density at radius 3 is 2.25 bits per heavy atom. The van der Waals surface area contributed by atoms with E-state index < -0.39 is 34.5 Å². The second-order valence-electron chi connectivity index (χ2n) is 9.88. The van der Waals surface area contributed by atoms with E-state index in [1.165, 1.54) is 4.90 Å². The Balaban J connectivity index is 1.66. The first-order valence-corrected chi connectivity index (χ1v) is 11.6. The number of nitrogens with one attached hydrogen (secondary N) is 1. The summed E-state index contributed by atoms with van der Waals surface area (Å²) in [5, 5.41) is 3.49. The van der Waals surface area contributed by atoms with E-state index in [9.17, 15) is 14.4 Å². The predicted octanol–water partition coefficient (Wildman–Crippen LogP) is 3.93. The molecular formula is C25H25BrN2O4. The fraction of sp³-hybridized carbons (Fsp3) is 0.400. The van der Waals surface area contributed by atoms with Crippen LogP contribution in [0.4, 0.5) is 5.69 Å². The fourth-order valence-corrected chi connectivity index (χ4v) is 5.93. The topological polar surface area (TPSA) is 75.7 Å². The minimum atomic E-state index is -1.23. The highest BCUT2D eigenvalue weighted by Crippen LogP contribution is 2.61. The number of imide groups is 1. The molecule has 7 heteroatoms. The Morgan fingerprint density at radius 2 is 1.62 bits per heavy atom. The molecule has 0 unspecified atom stereocenters.